The number of hydrogen-bond donors (Lipinski definition) is 0. The molecule has 0 fully saturated rings. The molecule has 0 heterocycles. The van der Waals surface area contributed by atoms with Gasteiger partial charge < -0.3 is 0 Å². The molecule has 0 aromatic rings. The fourth-order valence-corrected chi connectivity index (χ4v) is 3.48. The molecular formula is C10H24S2. The molecule has 1 unspecified atom stereocenters. The van der Waals surface area contributed by atoms with Crippen LogP contribution < -0.4 is 0 Å². The van der Waals surface area contributed by atoms with E-state index >= 15 is 0 Å². The van der Waals surface area contributed by atoms with Gasteiger partial charge in [-0.3, -0.25) is 0 Å². The van der Waals surface area contributed by atoms with E-state index in [9.17, 15) is 0 Å². The normalized spacial score (nSPS) is 12.2. The highest BCUT2D eigenvalue weighted by Crippen LogP contribution is 2.32. The zero-order valence-electron chi connectivity index (χ0n) is 9.39. The van der Waals surface area contributed by atoms with Crippen molar-refractivity contribution >= 4 is 21.6 Å². The Kier molecular flexibility index (Phi) is 14.8. The maximum atomic E-state index is 2.30. The lowest BCUT2D eigenvalue weighted by molar-refractivity contribution is 0.596. The number of rotatable bonds is 5. The first-order chi connectivity index (χ1) is 5.72. The minimum absolute atomic E-state index is 0.828. The predicted molar refractivity (Wildman–Crippen MR) is 66.0 cm³/mol. The summed E-state index contributed by atoms with van der Waals surface area (Å²) in [5.74, 6) is 2.06. The Morgan fingerprint density at radius 3 is 1.83 bits per heavy atom. The van der Waals surface area contributed by atoms with Gasteiger partial charge in [-0.05, 0) is 12.3 Å². The van der Waals surface area contributed by atoms with Crippen molar-refractivity contribution in [2.24, 2.45) is 5.92 Å². The third-order valence-corrected chi connectivity index (χ3v) is 4.81. The molecule has 0 rings (SSSR count). The molecular weight excluding hydrogens is 184 g/mol. The van der Waals surface area contributed by atoms with E-state index in [2.05, 4.69) is 27.7 Å². The van der Waals surface area contributed by atoms with Gasteiger partial charge in [-0.1, -0.05) is 63.1 Å². The molecule has 0 spiro atoms. The minimum Gasteiger partial charge on any atom is -0.0942 e. The molecule has 76 valence electrons. The minimum atomic E-state index is 0.828. The van der Waals surface area contributed by atoms with Gasteiger partial charge in [0.15, 0.2) is 0 Å². The van der Waals surface area contributed by atoms with Crippen LogP contribution in [0, 0.1) is 5.92 Å². The van der Waals surface area contributed by atoms with Gasteiger partial charge >= 0.3 is 0 Å². The van der Waals surface area contributed by atoms with Crippen molar-refractivity contribution in [2.45, 2.75) is 53.2 Å². The Morgan fingerprint density at radius 2 is 1.58 bits per heavy atom. The molecule has 0 radical (unpaired) electrons. The Labute approximate surface area is 86.7 Å². The van der Waals surface area contributed by atoms with Crippen molar-refractivity contribution in [1.82, 2.24) is 0 Å². The van der Waals surface area contributed by atoms with Gasteiger partial charge in [-0.2, -0.15) is 0 Å². The summed E-state index contributed by atoms with van der Waals surface area (Å²) in [4.78, 5) is 0. The molecule has 0 aliphatic carbocycles. The molecule has 0 saturated carbocycles. The average molecular weight is 208 g/mol. The molecule has 0 aliphatic rings. The second-order valence-corrected chi connectivity index (χ2v) is 5.59. The third kappa shape index (κ3) is 8.79. The van der Waals surface area contributed by atoms with E-state index in [1.807, 2.05) is 35.4 Å². The Hall–Kier alpha value is 0.700. The Bertz CT molecular complexity index is 72.2. The first-order valence-corrected chi connectivity index (χ1v) is 7.38. The van der Waals surface area contributed by atoms with E-state index in [-0.39, 0.29) is 0 Å². The van der Waals surface area contributed by atoms with Crippen LogP contribution in [0.3, 0.4) is 0 Å². The summed E-state index contributed by atoms with van der Waals surface area (Å²) in [5, 5.41) is 0.852. The highest BCUT2D eigenvalue weighted by molar-refractivity contribution is 8.76. The van der Waals surface area contributed by atoms with Gasteiger partial charge in [-0.15, -0.1) is 0 Å². The molecule has 0 aromatic carbocycles. The first kappa shape index (κ1) is 15.2. The smallest absolute Gasteiger partial charge is 0.0171 e. The van der Waals surface area contributed by atoms with Crippen molar-refractivity contribution in [3.05, 3.63) is 0 Å². The van der Waals surface area contributed by atoms with Crippen LogP contribution in [0.15, 0.2) is 0 Å². The number of hydrogen-bond acceptors (Lipinski definition) is 2. The van der Waals surface area contributed by atoms with Crippen LogP contribution in [0.4, 0.5) is 0 Å². The Balaban J connectivity index is 0. The molecule has 0 aliphatic heterocycles. The van der Waals surface area contributed by atoms with Crippen LogP contribution in [0.25, 0.3) is 0 Å². The van der Waals surface area contributed by atoms with Gasteiger partial charge in [0.1, 0.15) is 0 Å². The predicted octanol–water partition coefficient (Wildman–Crippen LogP) is 4.85. The van der Waals surface area contributed by atoms with E-state index in [0.29, 0.717) is 0 Å². The van der Waals surface area contributed by atoms with Crippen molar-refractivity contribution < 1.29 is 0 Å². The summed E-state index contributed by atoms with van der Waals surface area (Å²) in [6.07, 6.45) is 1.30. The summed E-state index contributed by atoms with van der Waals surface area (Å²) >= 11 is 0. The lowest BCUT2D eigenvalue weighted by Gasteiger charge is -2.16. The maximum absolute atomic E-state index is 2.30. The van der Waals surface area contributed by atoms with Crippen molar-refractivity contribution in [2.75, 3.05) is 5.75 Å². The van der Waals surface area contributed by atoms with E-state index in [0.717, 1.165) is 11.2 Å². The lowest BCUT2D eigenvalue weighted by Crippen LogP contribution is -2.07. The monoisotopic (exact) mass is 208 g/mol. The molecule has 0 amide bonds. The van der Waals surface area contributed by atoms with Crippen LogP contribution in [0.2, 0.25) is 0 Å². The highest BCUT2D eigenvalue weighted by Gasteiger charge is 2.10. The van der Waals surface area contributed by atoms with Gasteiger partial charge in [-0.25, -0.2) is 0 Å². The van der Waals surface area contributed by atoms with Crippen molar-refractivity contribution in [1.29, 1.82) is 0 Å². The van der Waals surface area contributed by atoms with Gasteiger partial charge in [0.2, 0.25) is 0 Å². The van der Waals surface area contributed by atoms with Crippen LogP contribution in [0.5, 0.6) is 0 Å². The van der Waals surface area contributed by atoms with Gasteiger partial charge in [0.05, 0.1) is 0 Å². The van der Waals surface area contributed by atoms with Crippen LogP contribution in [0.1, 0.15) is 48.0 Å². The van der Waals surface area contributed by atoms with E-state index in [4.69, 9.17) is 0 Å². The molecule has 0 N–H and O–H groups in total. The lowest BCUT2D eigenvalue weighted by atomic mass is 10.1. The van der Waals surface area contributed by atoms with Crippen LogP contribution >= 0.6 is 21.6 Å². The maximum Gasteiger partial charge on any atom is 0.0171 e. The average Bonchev–Trinajstić information content (AvgIpc) is 2.09. The molecule has 12 heavy (non-hydrogen) atoms. The highest BCUT2D eigenvalue weighted by atomic mass is 33.1. The molecule has 0 saturated heterocycles. The zero-order valence-corrected chi connectivity index (χ0v) is 11.0. The molecule has 0 aromatic heterocycles. The second-order valence-electron chi connectivity index (χ2n) is 2.69. The van der Waals surface area contributed by atoms with Gasteiger partial charge in [0.25, 0.3) is 0 Å². The van der Waals surface area contributed by atoms with Crippen molar-refractivity contribution in [3.63, 3.8) is 0 Å². The molecule has 1 atom stereocenters. The van der Waals surface area contributed by atoms with Crippen molar-refractivity contribution in [3.8, 4) is 0 Å². The topological polar surface area (TPSA) is 0 Å². The second kappa shape index (κ2) is 11.7. The van der Waals surface area contributed by atoms with E-state index in [1.165, 1.54) is 12.2 Å². The largest absolute Gasteiger partial charge is 0.0942 e. The summed E-state index contributed by atoms with van der Waals surface area (Å²) in [5.41, 5.74) is 0. The summed E-state index contributed by atoms with van der Waals surface area (Å²) in [6, 6.07) is 0. The standard InChI is InChI=1S/C8H18S2.C2H6/c1-5-8(7(3)4)10-9-6-2;1-2/h7-8H,5-6H2,1-4H3;1-2H3. The fourth-order valence-electron chi connectivity index (χ4n) is 0.806. The molecule has 0 nitrogen and oxygen atoms in total. The molecule has 2 heteroatoms. The zero-order chi connectivity index (χ0) is 9.98. The third-order valence-electron chi connectivity index (χ3n) is 1.46. The van der Waals surface area contributed by atoms with Crippen LogP contribution in [-0.4, -0.2) is 11.0 Å². The quantitative estimate of drug-likeness (QED) is 0.592. The molecule has 0 bridgehead atoms. The van der Waals surface area contributed by atoms with Gasteiger partial charge in [0, 0.05) is 11.0 Å². The Morgan fingerprint density at radius 1 is 1.08 bits per heavy atom. The van der Waals surface area contributed by atoms with E-state index in [1.54, 1.807) is 0 Å². The fraction of sp³-hybridized carbons (Fsp3) is 1.00. The SMILES string of the molecule is CC.CCSSC(CC)C(C)C. The van der Waals surface area contributed by atoms with E-state index < -0.39 is 0 Å². The summed E-state index contributed by atoms with van der Waals surface area (Å²) in [7, 11) is 4.03. The summed E-state index contributed by atoms with van der Waals surface area (Å²) < 4.78 is 0. The summed E-state index contributed by atoms with van der Waals surface area (Å²) in [6.45, 7) is 13.1. The first-order valence-electron chi connectivity index (χ1n) is 5.00. The van der Waals surface area contributed by atoms with Crippen LogP contribution in [-0.2, 0) is 0 Å².